The van der Waals surface area contributed by atoms with Crippen LogP contribution < -0.4 is 5.32 Å². The highest BCUT2D eigenvalue weighted by Crippen LogP contribution is 2.23. The van der Waals surface area contributed by atoms with Gasteiger partial charge in [-0.1, -0.05) is 36.9 Å². The van der Waals surface area contributed by atoms with E-state index in [1.54, 1.807) is 12.1 Å². The van der Waals surface area contributed by atoms with Crippen molar-refractivity contribution in [1.82, 2.24) is 10.2 Å². The van der Waals surface area contributed by atoms with Crippen LogP contribution in [-0.4, -0.2) is 21.9 Å². The van der Waals surface area contributed by atoms with Gasteiger partial charge in [0.2, 0.25) is 11.8 Å². The van der Waals surface area contributed by atoms with Crippen molar-refractivity contribution in [2.24, 2.45) is 0 Å². The zero-order valence-electron chi connectivity index (χ0n) is 13.5. The molecule has 0 saturated heterocycles. The second-order valence-corrected chi connectivity index (χ2v) is 6.20. The summed E-state index contributed by atoms with van der Waals surface area (Å²) in [6, 6.07) is 13.6. The second kappa shape index (κ2) is 7.94. The minimum atomic E-state index is -0.376. The number of aryl methyl sites for hydroxylation is 1. The maximum Gasteiger partial charge on any atom is 0.277 e. The molecule has 0 atom stereocenters. The Kier molecular flexibility index (Phi) is 5.45. The third-order valence-corrected chi connectivity index (χ3v) is 4.24. The first-order valence-electron chi connectivity index (χ1n) is 7.75. The van der Waals surface area contributed by atoms with Gasteiger partial charge in [0.25, 0.3) is 5.22 Å². The summed E-state index contributed by atoms with van der Waals surface area (Å²) in [5, 5.41) is 10.8. The summed E-state index contributed by atoms with van der Waals surface area (Å²) in [4.78, 5) is 12.0. The van der Waals surface area contributed by atoms with Gasteiger partial charge in [0.05, 0.1) is 5.75 Å². The monoisotopic (exact) mass is 357 g/mol. The molecule has 2 aromatic carbocycles. The Hall–Kier alpha value is -2.67. The Morgan fingerprint density at radius 2 is 2.04 bits per heavy atom. The molecule has 1 amide bonds. The van der Waals surface area contributed by atoms with Crippen LogP contribution in [0.4, 0.5) is 10.1 Å². The molecular formula is C18H16FN3O2S. The Morgan fingerprint density at radius 3 is 2.84 bits per heavy atom. The number of halogens is 1. The summed E-state index contributed by atoms with van der Waals surface area (Å²) in [5.41, 5.74) is 2.42. The molecule has 1 N–H and O–H groups in total. The van der Waals surface area contributed by atoms with Crippen molar-refractivity contribution in [2.75, 3.05) is 11.1 Å². The molecule has 0 saturated carbocycles. The number of carbonyl (C=O) groups is 1. The molecule has 3 aromatic rings. The normalized spacial score (nSPS) is 10.6. The van der Waals surface area contributed by atoms with Gasteiger partial charge in [-0.25, -0.2) is 4.39 Å². The van der Waals surface area contributed by atoms with E-state index in [-0.39, 0.29) is 28.6 Å². The zero-order chi connectivity index (χ0) is 17.6. The molecule has 25 heavy (non-hydrogen) atoms. The Morgan fingerprint density at radius 1 is 1.20 bits per heavy atom. The van der Waals surface area contributed by atoms with E-state index in [4.69, 9.17) is 4.42 Å². The van der Waals surface area contributed by atoms with E-state index in [1.807, 2.05) is 24.3 Å². The summed E-state index contributed by atoms with van der Waals surface area (Å²) in [6.07, 6.45) is 0.906. The highest BCUT2D eigenvalue weighted by Gasteiger charge is 2.12. The molecule has 0 aliphatic carbocycles. The van der Waals surface area contributed by atoms with E-state index in [0.29, 0.717) is 5.56 Å². The van der Waals surface area contributed by atoms with Crippen LogP contribution in [0.15, 0.2) is 58.2 Å². The van der Waals surface area contributed by atoms with Crippen LogP contribution in [0.5, 0.6) is 0 Å². The maximum atomic E-state index is 13.2. The number of anilines is 1. The van der Waals surface area contributed by atoms with Crippen molar-refractivity contribution >= 4 is 23.4 Å². The van der Waals surface area contributed by atoms with E-state index < -0.39 is 0 Å². The lowest BCUT2D eigenvalue weighted by Gasteiger charge is -2.05. The Labute approximate surface area is 148 Å². The Bertz CT molecular complexity index is 882. The van der Waals surface area contributed by atoms with Gasteiger partial charge >= 0.3 is 0 Å². The van der Waals surface area contributed by atoms with Crippen LogP contribution in [0.2, 0.25) is 0 Å². The number of benzene rings is 2. The number of nitrogens with one attached hydrogen (secondary N) is 1. The van der Waals surface area contributed by atoms with E-state index in [9.17, 15) is 9.18 Å². The number of thioether (sulfide) groups is 1. The van der Waals surface area contributed by atoms with E-state index in [0.717, 1.165) is 29.4 Å². The van der Waals surface area contributed by atoms with Gasteiger partial charge in [-0.3, -0.25) is 4.79 Å². The topological polar surface area (TPSA) is 68.0 Å². The molecule has 3 rings (SSSR count). The number of nitrogens with zero attached hydrogens (tertiary/aromatic N) is 2. The van der Waals surface area contributed by atoms with Gasteiger partial charge in [-0.05, 0) is 42.3 Å². The molecule has 7 heteroatoms. The molecule has 0 spiro atoms. The minimum Gasteiger partial charge on any atom is -0.411 e. The highest BCUT2D eigenvalue weighted by molar-refractivity contribution is 7.99. The summed E-state index contributed by atoms with van der Waals surface area (Å²) >= 11 is 1.13. The summed E-state index contributed by atoms with van der Waals surface area (Å²) in [5.74, 6) is -0.179. The largest absolute Gasteiger partial charge is 0.411 e. The molecule has 0 aliphatic heterocycles. The average molecular weight is 357 g/mol. The van der Waals surface area contributed by atoms with E-state index in [1.165, 1.54) is 12.1 Å². The molecular weight excluding hydrogens is 341 g/mol. The summed E-state index contributed by atoms with van der Waals surface area (Å²) in [7, 11) is 0. The predicted octanol–water partition coefficient (Wildman–Crippen LogP) is 4.17. The SMILES string of the molecule is CCc1cccc(NC(=O)CSc2nnc(-c3cccc(F)c3)o2)c1. The van der Waals surface area contributed by atoms with Crippen LogP contribution in [0.1, 0.15) is 12.5 Å². The first-order chi connectivity index (χ1) is 12.1. The molecule has 0 bridgehead atoms. The van der Waals surface area contributed by atoms with E-state index in [2.05, 4.69) is 22.4 Å². The van der Waals surface area contributed by atoms with Crippen LogP contribution >= 0.6 is 11.8 Å². The van der Waals surface area contributed by atoms with E-state index >= 15 is 0 Å². The minimum absolute atomic E-state index is 0.140. The quantitative estimate of drug-likeness (QED) is 0.671. The lowest BCUT2D eigenvalue weighted by Crippen LogP contribution is -2.14. The summed E-state index contributed by atoms with van der Waals surface area (Å²) < 4.78 is 18.7. The van der Waals surface area contributed by atoms with Crippen molar-refractivity contribution in [1.29, 1.82) is 0 Å². The van der Waals surface area contributed by atoms with Gasteiger partial charge in [-0.15, -0.1) is 10.2 Å². The maximum absolute atomic E-state index is 13.2. The molecule has 0 fully saturated rings. The second-order valence-electron chi connectivity index (χ2n) is 5.27. The fourth-order valence-corrected chi connectivity index (χ4v) is 2.76. The number of hydrogen-bond acceptors (Lipinski definition) is 5. The van der Waals surface area contributed by atoms with Crippen molar-refractivity contribution in [2.45, 2.75) is 18.6 Å². The third kappa shape index (κ3) is 4.67. The third-order valence-electron chi connectivity index (χ3n) is 3.42. The zero-order valence-corrected chi connectivity index (χ0v) is 14.3. The lowest BCUT2D eigenvalue weighted by molar-refractivity contribution is -0.113. The standard InChI is InChI=1S/C18H16FN3O2S/c1-2-12-5-3-8-15(9-12)20-16(23)11-25-18-22-21-17(24-18)13-6-4-7-14(19)10-13/h3-10H,2,11H2,1H3,(H,20,23). The van der Waals surface area contributed by atoms with Crippen LogP contribution in [0.3, 0.4) is 0 Å². The van der Waals surface area contributed by atoms with Gasteiger partial charge in [0.1, 0.15) is 5.82 Å². The van der Waals surface area contributed by atoms with Crippen molar-refractivity contribution < 1.29 is 13.6 Å². The summed E-state index contributed by atoms with van der Waals surface area (Å²) in [6.45, 7) is 2.06. The first-order valence-corrected chi connectivity index (χ1v) is 8.73. The van der Waals surface area contributed by atoms with Gasteiger partial charge in [0.15, 0.2) is 0 Å². The number of rotatable bonds is 6. The molecule has 1 heterocycles. The lowest BCUT2D eigenvalue weighted by atomic mass is 10.1. The van der Waals surface area contributed by atoms with Crippen LogP contribution in [-0.2, 0) is 11.2 Å². The van der Waals surface area contributed by atoms with Gasteiger partial charge in [-0.2, -0.15) is 0 Å². The van der Waals surface area contributed by atoms with Crippen LogP contribution in [0, 0.1) is 5.82 Å². The molecule has 1 aromatic heterocycles. The molecule has 0 aliphatic rings. The fourth-order valence-electron chi connectivity index (χ4n) is 2.20. The van der Waals surface area contributed by atoms with Crippen molar-refractivity contribution in [3.05, 3.63) is 59.9 Å². The Balaban J connectivity index is 1.57. The number of hydrogen-bond donors (Lipinski definition) is 1. The number of carbonyl (C=O) groups excluding carboxylic acids is 1. The molecule has 0 radical (unpaired) electrons. The molecule has 5 nitrogen and oxygen atoms in total. The molecule has 128 valence electrons. The van der Waals surface area contributed by atoms with Crippen molar-refractivity contribution in [3.8, 4) is 11.5 Å². The smallest absolute Gasteiger partial charge is 0.277 e. The predicted molar refractivity (Wildman–Crippen MR) is 94.9 cm³/mol. The number of amides is 1. The highest BCUT2D eigenvalue weighted by atomic mass is 32.2. The average Bonchev–Trinajstić information content (AvgIpc) is 3.09. The fraction of sp³-hybridized carbons (Fsp3) is 0.167. The number of aromatic nitrogens is 2. The molecule has 0 unspecified atom stereocenters. The van der Waals surface area contributed by atoms with Gasteiger partial charge < -0.3 is 9.73 Å². The van der Waals surface area contributed by atoms with Gasteiger partial charge in [0, 0.05) is 11.3 Å². The van der Waals surface area contributed by atoms with Crippen molar-refractivity contribution in [3.63, 3.8) is 0 Å². The van der Waals surface area contributed by atoms with Crippen LogP contribution in [0.25, 0.3) is 11.5 Å². The first kappa shape index (κ1) is 17.2.